The molecule has 0 spiro atoms. The van der Waals surface area contributed by atoms with Crippen LogP contribution in [0.4, 0.5) is 17.1 Å². The molecule has 1 heterocycles. The maximum absolute atomic E-state index is 12.3. The van der Waals surface area contributed by atoms with Crippen molar-refractivity contribution < 1.29 is 24.0 Å². The van der Waals surface area contributed by atoms with Crippen molar-refractivity contribution in [2.75, 3.05) is 36.5 Å². The summed E-state index contributed by atoms with van der Waals surface area (Å²) < 4.78 is 10.5. The molecule has 1 N–H and O–H groups in total. The monoisotopic (exact) mass is 399 g/mol. The zero-order valence-electron chi connectivity index (χ0n) is 15.9. The molecule has 1 fully saturated rings. The number of nitrogens with zero attached hydrogens (tertiary/aromatic N) is 2. The molecule has 9 nitrogen and oxygen atoms in total. The number of nitro benzene ring substituents is 1. The number of ether oxygens (including phenoxy) is 2. The lowest BCUT2D eigenvalue weighted by molar-refractivity contribution is -0.384. The second-order valence-electron chi connectivity index (χ2n) is 6.49. The quantitative estimate of drug-likeness (QED) is 0.451. The summed E-state index contributed by atoms with van der Waals surface area (Å²) in [5.74, 6) is -1.20. The van der Waals surface area contributed by atoms with E-state index in [1.165, 1.54) is 31.2 Å². The number of nitrogens with one attached hydrogen (secondary N) is 1. The molecule has 0 aromatic heterocycles. The van der Waals surface area contributed by atoms with Gasteiger partial charge in [0.1, 0.15) is 0 Å². The number of hydrogen-bond acceptors (Lipinski definition) is 7. The number of carbonyl (C=O) groups excluding carboxylic acids is 2. The lowest BCUT2D eigenvalue weighted by Crippen LogP contribution is -2.36. The minimum absolute atomic E-state index is 0.130. The number of nitro groups is 1. The van der Waals surface area contributed by atoms with Gasteiger partial charge < -0.3 is 19.7 Å². The molecule has 1 amide bonds. The molecule has 0 bridgehead atoms. The predicted molar refractivity (Wildman–Crippen MR) is 106 cm³/mol. The third kappa shape index (κ3) is 5.29. The summed E-state index contributed by atoms with van der Waals surface area (Å²) in [5, 5.41) is 13.4. The summed E-state index contributed by atoms with van der Waals surface area (Å²) >= 11 is 0. The van der Waals surface area contributed by atoms with E-state index in [0.29, 0.717) is 18.9 Å². The standard InChI is InChI=1S/C20H21N3O6/c1-14(29-20(25)15-2-6-18(7-3-15)23(26)27)19(24)21-16-4-8-17(9-5-16)22-10-12-28-13-11-22/h2-9,14H,10-13H2,1H3,(H,21,24)/t14-/m1/s1. The van der Waals surface area contributed by atoms with Crippen LogP contribution in [-0.4, -0.2) is 49.2 Å². The fraction of sp³-hybridized carbons (Fsp3) is 0.300. The molecule has 1 aliphatic rings. The van der Waals surface area contributed by atoms with Crippen LogP contribution in [0.25, 0.3) is 0 Å². The zero-order valence-corrected chi connectivity index (χ0v) is 15.9. The van der Waals surface area contributed by atoms with E-state index >= 15 is 0 Å². The predicted octanol–water partition coefficient (Wildman–Crippen LogP) is 2.62. The lowest BCUT2D eigenvalue weighted by atomic mass is 10.2. The first-order valence-corrected chi connectivity index (χ1v) is 9.13. The van der Waals surface area contributed by atoms with Crippen molar-refractivity contribution in [3.8, 4) is 0 Å². The normalized spacial score (nSPS) is 14.7. The van der Waals surface area contributed by atoms with Crippen LogP contribution >= 0.6 is 0 Å². The van der Waals surface area contributed by atoms with E-state index in [1.807, 2.05) is 12.1 Å². The molecule has 1 aliphatic heterocycles. The van der Waals surface area contributed by atoms with E-state index in [9.17, 15) is 19.7 Å². The number of carbonyl (C=O) groups is 2. The van der Waals surface area contributed by atoms with E-state index < -0.39 is 22.9 Å². The van der Waals surface area contributed by atoms with Crippen molar-refractivity contribution in [1.29, 1.82) is 0 Å². The molecule has 2 aromatic rings. The van der Waals surface area contributed by atoms with Crippen LogP contribution in [0.3, 0.4) is 0 Å². The largest absolute Gasteiger partial charge is 0.449 e. The molecule has 0 unspecified atom stereocenters. The number of non-ortho nitro benzene ring substituents is 1. The van der Waals surface area contributed by atoms with Gasteiger partial charge in [0, 0.05) is 36.6 Å². The Kier molecular flexibility index (Phi) is 6.40. The Labute approximate surface area is 167 Å². The summed E-state index contributed by atoms with van der Waals surface area (Å²) in [6, 6.07) is 12.4. The molecule has 9 heteroatoms. The van der Waals surface area contributed by atoms with E-state index in [-0.39, 0.29) is 11.3 Å². The Morgan fingerprint density at radius 3 is 2.31 bits per heavy atom. The third-order valence-electron chi connectivity index (χ3n) is 4.48. The number of hydrogen-bond donors (Lipinski definition) is 1. The highest BCUT2D eigenvalue weighted by atomic mass is 16.6. The van der Waals surface area contributed by atoms with Gasteiger partial charge in [-0.1, -0.05) is 0 Å². The van der Waals surface area contributed by atoms with Gasteiger partial charge in [0.25, 0.3) is 11.6 Å². The minimum atomic E-state index is -1.03. The van der Waals surface area contributed by atoms with Gasteiger partial charge in [-0.25, -0.2) is 4.79 Å². The van der Waals surface area contributed by atoms with Gasteiger partial charge in [-0.3, -0.25) is 14.9 Å². The van der Waals surface area contributed by atoms with Crippen LogP contribution in [-0.2, 0) is 14.3 Å². The van der Waals surface area contributed by atoms with E-state index in [1.54, 1.807) is 12.1 Å². The third-order valence-corrected chi connectivity index (χ3v) is 4.48. The average molecular weight is 399 g/mol. The van der Waals surface area contributed by atoms with Gasteiger partial charge in [0.05, 0.1) is 23.7 Å². The molecule has 0 aliphatic carbocycles. The van der Waals surface area contributed by atoms with Crippen molar-refractivity contribution in [1.82, 2.24) is 0 Å². The summed E-state index contributed by atoms with van der Waals surface area (Å²) in [7, 11) is 0. The lowest BCUT2D eigenvalue weighted by Gasteiger charge is -2.28. The summed E-state index contributed by atoms with van der Waals surface area (Å²) in [5.41, 5.74) is 1.63. The highest BCUT2D eigenvalue weighted by Crippen LogP contribution is 2.19. The highest BCUT2D eigenvalue weighted by molar-refractivity contribution is 5.97. The second kappa shape index (κ2) is 9.16. The number of anilines is 2. The fourth-order valence-electron chi connectivity index (χ4n) is 2.82. The Morgan fingerprint density at radius 1 is 1.10 bits per heavy atom. The van der Waals surface area contributed by atoms with Crippen LogP contribution in [0.15, 0.2) is 48.5 Å². The number of esters is 1. The number of rotatable bonds is 6. The van der Waals surface area contributed by atoms with Gasteiger partial charge in [-0.2, -0.15) is 0 Å². The van der Waals surface area contributed by atoms with E-state index in [4.69, 9.17) is 9.47 Å². The molecule has 1 atom stereocenters. The SMILES string of the molecule is C[C@@H](OC(=O)c1ccc([N+](=O)[O-])cc1)C(=O)Nc1ccc(N2CCOCC2)cc1. The van der Waals surface area contributed by atoms with Gasteiger partial charge in [-0.05, 0) is 43.3 Å². The molecule has 3 rings (SSSR count). The topological polar surface area (TPSA) is 111 Å². The number of morpholine rings is 1. The molecule has 0 saturated carbocycles. The van der Waals surface area contributed by atoms with Crippen molar-refractivity contribution in [3.63, 3.8) is 0 Å². The van der Waals surface area contributed by atoms with Crippen LogP contribution in [0, 0.1) is 10.1 Å². The van der Waals surface area contributed by atoms with Gasteiger partial charge >= 0.3 is 5.97 Å². The maximum atomic E-state index is 12.3. The van der Waals surface area contributed by atoms with Crippen molar-refractivity contribution in [3.05, 3.63) is 64.2 Å². The van der Waals surface area contributed by atoms with Crippen molar-refractivity contribution >= 4 is 28.9 Å². The Bertz CT molecular complexity index is 876. The fourth-order valence-corrected chi connectivity index (χ4v) is 2.82. The van der Waals surface area contributed by atoms with Crippen LogP contribution in [0.1, 0.15) is 17.3 Å². The van der Waals surface area contributed by atoms with Crippen molar-refractivity contribution in [2.45, 2.75) is 13.0 Å². The molecular weight excluding hydrogens is 378 g/mol. The Hall–Kier alpha value is -3.46. The van der Waals surface area contributed by atoms with E-state index in [0.717, 1.165) is 18.8 Å². The molecule has 152 valence electrons. The summed E-state index contributed by atoms with van der Waals surface area (Å²) in [6.07, 6.45) is -1.03. The second-order valence-corrected chi connectivity index (χ2v) is 6.49. The van der Waals surface area contributed by atoms with E-state index in [2.05, 4.69) is 10.2 Å². The highest BCUT2D eigenvalue weighted by Gasteiger charge is 2.20. The Morgan fingerprint density at radius 2 is 1.72 bits per heavy atom. The molecular formula is C20H21N3O6. The summed E-state index contributed by atoms with van der Waals surface area (Å²) in [6.45, 7) is 4.48. The first kappa shape index (κ1) is 20.3. The summed E-state index contributed by atoms with van der Waals surface area (Å²) in [4.78, 5) is 36.7. The molecule has 1 saturated heterocycles. The first-order chi connectivity index (χ1) is 13.9. The van der Waals surface area contributed by atoms with Gasteiger partial charge in [-0.15, -0.1) is 0 Å². The zero-order chi connectivity index (χ0) is 20.8. The van der Waals surface area contributed by atoms with Gasteiger partial charge in [0.15, 0.2) is 6.10 Å². The van der Waals surface area contributed by atoms with Crippen LogP contribution in [0.2, 0.25) is 0 Å². The number of benzene rings is 2. The Balaban J connectivity index is 1.54. The molecule has 0 radical (unpaired) electrons. The number of amides is 1. The van der Waals surface area contributed by atoms with Crippen LogP contribution in [0.5, 0.6) is 0 Å². The van der Waals surface area contributed by atoms with Gasteiger partial charge in [0.2, 0.25) is 0 Å². The smallest absolute Gasteiger partial charge is 0.338 e. The average Bonchev–Trinajstić information content (AvgIpc) is 2.74. The molecule has 29 heavy (non-hydrogen) atoms. The first-order valence-electron chi connectivity index (χ1n) is 9.13. The maximum Gasteiger partial charge on any atom is 0.338 e. The minimum Gasteiger partial charge on any atom is -0.449 e. The van der Waals surface area contributed by atoms with Crippen molar-refractivity contribution in [2.24, 2.45) is 0 Å². The van der Waals surface area contributed by atoms with Crippen LogP contribution < -0.4 is 10.2 Å². The molecule has 2 aromatic carbocycles.